The Morgan fingerprint density at radius 2 is 1.95 bits per heavy atom. The maximum absolute atomic E-state index is 4.87. The first-order valence-electron chi connectivity index (χ1n) is 6.73. The van der Waals surface area contributed by atoms with Crippen LogP contribution in [0.15, 0.2) is 30.3 Å². The Morgan fingerprint density at radius 1 is 1.21 bits per heavy atom. The number of aromatic nitrogens is 1. The van der Waals surface area contributed by atoms with Crippen molar-refractivity contribution in [3.63, 3.8) is 0 Å². The predicted molar refractivity (Wildman–Crippen MR) is 83.5 cm³/mol. The highest BCUT2D eigenvalue weighted by Gasteiger charge is 2.15. The molecule has 0 atom stereocenters. The van der Waals surface area contributed by atoms with Crippen LogP contribution in [-0.4, -0.2) is 31.2 Å². The number of nitrogens with zero attached hydrogens (tertiary/aromatic N) is 2. The quantitative estimate of drug-likeness (QED) is 0.915. The molecule has 3 nitrogen and oxygen atoms in total. The van der Waals surface area contributed by atoms with Crippen LogP contribution in [0.2, 0.25) is 0 Å². The van der Waals surface area contributed by atoms with Crippen LogP contribution in [0.1, 0.15) is 12.5 Å². The van der Waals surface area contributed by atoms with Crippen molar-refractivity contribution in [3.05, 3.63) is 35.9 Å². The number of nitrogens with one attached hydrogen (secondary N) is 1. The summed E-state index contributed by atoms with van der Waals surface area (Å²) in [7, 11) is 0. The standard InChI is InChI=1S/C15H19N3.ClH/c1-2-12-11-13-5-3-4-6-14(13)17-15(12)18-9-7-16-8-10-18;/h3-6,11,16H,2,7-10H2,1H3;1H. The number of benzene rings is 1. The van der Waals surface area contributed by atoms with Gasteiger partial charge in [0.2, 0.25) is 0 Å². The van der Waals surface area contributed by atoms with Crippen molar-refractivity contribution >= 4 is 29.1 Å². The second-order valence-electron chi connectivity index (χ2n) is 4.75. The number of piperazine rings is 1. The highest BCUT2D eigenvalue weighted by Crippen LogP contribution is 2.24. The summed E-state index contributed by atoms with van der Waals surface area (Å²) in [5, 5.41) is 4.63. The number of halogens is 1. The van der Waals surface area contributed by atoms with E-state index in [1.54, 1.807) is 0 Å². The number of rotatable bonds is 2. The van der Waals surface area contributed by atoms with E-state index in [1.165, 1.54) is 16.8 Å². The molecule has 0 spiro atoms. The molecule has 3 rings (SSSR count). The lowest BCUT2D eigenvalue weighted by Crippen LogP contribution is -2.44. The third-order valence-electron chi connectivity index (χ3n) is 3.58. The van der Waals surface area contributed by atoms with E-state index in [1.807, 2.05) is 0 Å². The second-order valence-corrected chi connectivity index (χ2v) is 4.75. The van der Waals surface area contributed by atoms with Crippen molar-refractivity contribution in [3.8, 4) is 0 Å². The van der Waals surface area contributed by atoms with Gasteiger partial charge in [-0.3, -0.25) is 0 Å². The number of hydrogen-bond acceptors (Lipinski definition) is 3. The van der Waals surface area contributed by atoms with Crippen molar-refractivity contribution in [2.75, 3.05) is 31.1 Å². The minimum atomic E-state index is 0. The zero-order valence-electron chi connectivity index (χ0n) is 11.2. The largest absolute Gasteiger partial charge is 0.354 e. The summed E-state index contributed by atoms with van der Waals surface area (Å²) < 4.78 is 0. The van der Waals surface area contributed by atoms with Crippen LogP contribution in [0.4, 0.5) is 5.82 Å². The molecule has 1 aliphatic rings. The van der Waals surface area contributed by atoms with Gasteiger partial charge in [0.15, 0.2) is 0 Å². The number of anilines is 1. The number of pyridine rings is 1. The first-order chi connectivity index (χ1) is 8.88. The molecule has 1 aromatic heterocycles. The van der Waals surface area contributed by atoms with E-state index >= 15 is 0 Å². The molecule has 0 amide bonds. The minimum Gasteiger partial charge on any atom is -0.354 e. The van der Waals surface area contributed by atoms with E-state index in [9.17, 15) is 0 Å². The van der Waals surface area contributed by atoms with Crippen LogP contribution in [0.3, 0.4) is 0 Å². The van der Waals surface area contributed by atoms with Crippen LogP contribution < -0.4 is 10.2 Å². The van der Waals surface area contributed by atoms with Crippen molar-refractivity contribution in [1.82, 2.24) is 10.3 Å². The predicted octanol–water partition coefficient (Wildman–Crippen LogP) is 2.63. The zero-order valence-corrected chi connectivity index (χ0v) is 12.0. The van der Waals surface area contributed by atoms with Crippen molar-refractivity contribution < 1.29 is 0 Å². The molecule has 1 saturated heterocycles. The van der Waals surface area contributed by atoms with Crippen molar-refractivity contribution in [2.45, 2.75) is 13.3 Å². The van der Waals surface area contributed by atoms with Gasteiger partial charge < -0.3 is 10.2 Å². The fourth-order valence-corrected chi connectivity index (χ4v) is 2.56. The topological polar surface area (TPSA) is 28.2 Å². The summed E-state index contributed by atoms with van der Waals surface area (Å²) >= 11 is 0. The molecule has 1 N–H and O–H groups in total. The highest BCUT2D eigenvalue weighted by molar-refractivity contribution is 5.85. The number of hydrogen-bond donors (Lipinski definition) is 1. The fraction of sp³-hybridized carbons (Fsp3) is 0.400. The van der Waals surface area contributed by atoms with Gasteiger partial charge in [0, 0.05) is 31.6 Å². The molecule has 0 bridgehead atoms. The maximum atomic E-state index is 4.87. The summed E-state index contributed by atoms with van der Waals surface area (Å²) in [6.45, 7) is 6.42. The van der Waals surface area contributed by atoms with E-state index in [2.05, 4.69) is 47.5 Å². The Balaban J connectivity index is 0.00000133. The summed E-state index contributed by atoms with van der Waals surface area (Å²) in [5.74, 6) is 1.18. The Kier molecular flexibility index (Phi) is 4.61. The van der Waals surface area contributed by atoms with Gasteiger partial charge in [0.1, 0.15) is 5.82 Å². The second kappa shape index (κ2) is 6.22. The van der Waals surface area contributed by atoms with Crippen LogP contribution >= 0.6 is 12.4 Å². The van der Waals surface area contributed by atoms with Gasteiger partial charge in [-0.25, -0.2) is 4.98 Å². The smallest absolute Gasteiger partial charge is 0.132 e. The molecule has 1 fully saturated rings. The average Bonchev–Trinajstić information content (AvgIpc) is 2.46. The minimum absolute atomic E-state index is 0. The molecule has 1 aromatic carbocycles. The monoisotopic (exact) mass is 277 g/mol. The van der Waals surface area contributed by atoms with E-state index in [-0.39, 0.29) is 12.4 Å². The first kappa shape index (κ1) is 14.1. The Labute approximate surface area is 120 Å². The Morgan fingerprint density at radius 3 is 2.68 bits per heavy atom. The molecule has 19 heavy (non-hydrogen) atoms. The van der Waals surface area contributed by atoms with E-state index in [0.29, 0.717) is 0 Å². The third kappa shape index (κ3) is 2.82. The van der Waals surface area contributed by atoms with Crippen LogP contribution in [0, 0.1) is 0 Å². The molecule has 0 saturated carbocycles. The summed E-state index contributed by atoms with van der Waals surface area (Å²) in [5.41, 5.74) is 2.46. The number of fused-ring (bicyclic) bond motifs is 1. The van der Waals surface area contributed by atoms with E-state index in [4.69, 9.17) is 4.98 Å². The van der Waals surface area contributed by atoms with Gasteiger partial charge in [0.25, 0.3) is 0 Å². The van der Waals surface area contributed by atoms with Gasteiger partial charge >= 0.3 is 0 Å². The van der Waals surface area contributed by atoms with E-state index in [0.717, 1.165) is 38.1 Å². The molecule has 0 aliphatic carbocycles. The highest BCUT2D eigenvalue weighted by atomic mass is 35.5. The average molecular weight is 278 g/mol. The first-order valence-corrected chi connectivity index (χ1v) is 6.73. The lowest BCUT2D eigenvalue weighted by atomic mass is 10.1. The molecule has 0 unspecified atom stereocenters. The lowest BCUT2D eigenvalue weighted by molar-refractivity contribution is 0.584. The van der Waals surface area contributed by atoms with Gasteiger partial charge in [-0.05, 0) is 24.1 Å². The summed E-state index contributed by atoms with van der Waals surface area (Å²) in [4.78, 5) is 7.27. The number of aryl methyl sites for hydroxylation is 1. The number of para-hydroxylation sites is 1. The summed E-state index contributed by atoms with van der Waals surface area (Å²) in [6.07, 6.45) is 1.04. The van der Waals surface area contributed by atoms with Gasteiger partial charge in [0.05, 0.1) is 5.52 Å². The van der Waals surface area contributed by atoms with Gasteiger partial charge in [-0.15, -0.1) is 12.4 Å². The van der Waals surface area contributed by atoms with Crippen molar-refractivity contribution in [2.24, 2.45) is 0 Å². The van der Waals surface area contributed by atoms with Crippen LogP contribution in [0.25, 0.3) is 10.9 Å². The molecule has 2 heterocycles. The fourth-order valence-electron chi connectivity index (χ4n) is 2.56. The molecule has 4 heteroatoms. The van der Waals surface area contributed by atoms with Gasteiger partial charge in [-0.2, -0.15) is 0 Å². The van der Waals surface area contributed by atoms with E-state index < -0.39 is 0 Å². The Bertz CT molecular complexity index is 550. The van der Waals surface area contributed by atoms with Crippen molar-refractivity contribution in [1.29, 1.82) is 0 Å². The molecule has 1 aliphatic heterocycles. The Hall–Kier alpha value is -1.32. The molecular formula is C15H20ClN3. The zero-order chi connectivity index (χ0) is 12.4. The van der Waals surface area contributed by atoms with Crippen LogP contribution in [-0.2, 0) is 6.42 Å². The lowest BCUT2D eigenvalue weighted by Gasteiger charge is -2.30. The normalized spacial score (nSPS) is 15.3. The third-order valence-corrected chi connectivity index (χ3v) is 3.58. The molecule has 2 aromatic rings. The van der Waals surface area contributed by atoms with Crippen LogP contribution in [0.5, 0.6) is 0 Å². The maximum Gasteiger partial charge on any atom is 0.132 e. The summed E-state index contributed by atoms with van der Waals surface area (Å²) in [6, 6.07) is 10.7. The SMILES string of the molecule is CCc1cc2ccccc2nc1N1CCNCC1.Cl. The van der Waals surface area contributed by atoms with Gasteiger partial charge in [-0.1, -0.05) is 25.1 Å². The molecule has 102 valence electrons. The molecular weight excluding hydrogens is 258 g/mol. The molecule has 0 radical (unpaired) electrons.